The minimum atomic E-state index is -0.580. The summed E-state index contributed by atoms with van der Waals surface area (Å²) < 4.78 is 1.64. The number of oxime groups is 1. The Morgan fingerprint density at radius 1 is 1.26 bits per heavy atom. The lowest BCUT2D eigenvalue weighted by atomic mass is 10.0. The van der Waals surface area contributed by atoms with Crippen LogP contribution in [0.5, 0.6) is 0 Å². The number of nitrogens with zero attached hydrogens (tertiary/aromatic N) is 3. The molecule has 138 valence electrons. The summed E-state index contributed by atoms with van der Waals surface area (Å²) in [7, 11) is 0. The molecule has 1 saturated carbocycles. The maximum atomic E-state index is 12.7. The first kappa shape index (κ1) is 16.7. The molecule has 3 aliphatic rings. The van der Waals surface area contributed by atoms with Crippen molar-refractivity contribution in [3.63, 3.8) is 0 Å². The predicted molar refractivity (Wildman–Crippen MR) is 101 cm³/mol. The lowest BCUT2D eigenvalue weighted by Gasteiger charge is -2.32. The van der Waals surface area contributed by atoms with E-state index in [-0.39, 0.29) is 30.1 Å². The van der Waals surface area contributed by atoms with Gasteiger partial charge in [-0.3, -0.25) is 24.0 Å². The van der Waals surface area contributed by atoms with Crippen molar-refractivity contribution >= 4 is 34.3 Å². The first-order valence-electron chi connectivity index (χ1n) is 8.35. The number of nitrogens with one attached hydrogen (secondary N) is 1. The molecule has 27 heavy (non-hydrogen) atoms. The van der Waals surface area contributed by atoms with Crippen LogP contribution in [0.3, 0.4) is 0 Å². The third kappa shape index (κ3) is 2.46. The van der Waals surface area contributed by atoms with E-state index in [0.717, 1.165) is 0 Å². The van der Waals surface area contributed by atoms with Crippen molar-refractivity contribution in [2.75, 3.05) is 0 Å². The normalized spacial score (nSPS) is 28.0. The monoisotopic (exact) mass is 480 g/mol. The molecule has 2 bridgehead atoms. The lowest BCUT2D eigenvalue weighted by Crippen LogP contribution is -2.50. The lowest BCUT2D eigenvalue weighted by molar-refractivity contribution is -0.190. The van der Waals surface area contributed by atoms with Gasteiger partial charge >= 0.3 is 5.69 Å². The number of aromatic amines is 1. The Morgan fingerprint density at radius 2 is 2.04 bits per heavy atom. The number of halogens is 1. The molecule has 3 heterocycles. The molecule has 1 saturated heterocycles. The highest BCUT2D eigenvalue weighted by atomic mass is 127. The zero-order valence-corrected chi connectivity index (χ0v) is 15.9. The van der Waals surface area contributed by atoms with Crippen LogP contribution in [0.25, 0.3) is 0 Å². The van der Waals surface area contributed by atoms with Gasteiger partial charge in [-0.2, -0.15) is 0 Å². The molecule has 0 spiro atoms. The first-order valence-corrected chi connectivity index (χ1v) is 9.43. The summed E-state index contributed by atoms with van der Waals surface area (Å²) in [6.07, 6.45) is 1.32. The van der Waals surface area contributed by atoms with Crippen LogP contribution in [-0.2, 0) is 9.68 Å². The van der Waals surface area contributed by atoms with Crippen molar-refractivity contribution in [3.8, 4) is 0 Å². The molecule has 1 N–H and O–H groups in total. The third-order valence-electron chi connectivity index (χ3n) is 5.09. The average molecular weight is 480 g/mol. The van der Waals surface area contributed by atoms with Crippen molar-refractivity contribution in [1.82, 2.24) is 14.6 Å². The van der Waals surface area contributed by atoms with Gasteiger partial charge in [0, 0.05) is 18.2 Å². The molecular formula is C17H13IN4O5. The molecule has 0 unspecified atom stereocenters. The van der Waals surface area contributed by atoms with Crippen LogP contribution in [0.2, 0.25) is 0 Å². The molecule has 5 rings (SSSR count). The van der Waals surface area contributed by atoms with E-state index in [9.17, 15) is 14.4 Å². The summed E-state index contributed by atoms with van der Waals surface area (Å²) >= 11 is 1.85. The van der Waals surface area contributed by atoms with E-state index in [1.807, 2.05) is 28.7 Å². The van der Waals surface area contributed by atoms with Gasteiger partial charge in [0.15, 0.2) is 11.9 Å². The second kappa shape index (κ2) is 6.02. The molecule has 9 nitrogen and oxygen atoms in total. The molecule has 0 radical (unpaired) electrons. The summed E-state index contributed by atoms with van der Waals surface area (Å²) in [5.74, 6) is -0.123. The molecule has 2 aromatic rings. The molecular weight excluding hydrogens is 467 g/mol. The van der Waals surface area contributed by atoms with Gasteiger partial charge in [-0.05, 0) is 34.7 Å². The second-order valence-electron chi connectivity index (χ2n) is 6.60. The van der Waals surface area contributed by atoms with Gasteiger partial charge in [0.25, 0.3) is 11.5 Å². The molecule has 1 aliphatic carbocycles. The number of aromatic nitrogens is 2. The fourth-order valence-corrected chi connectivity index (χ4v) is 4.30. The van der Waals surface area contributed by atoms with Gasteiger partial charge in [-0.1, -0.05) is 23.4 Å². The quantitative estimate of drug-likeness (QED) is 0.601. The molecule has 2 aliphatic heterocycles. The Hall–Kier alpha value is -2.47. The van der Waals surface area contributed by atoms with Crippen LogP contribution in [0.15, 0.2) is 51.3 Å². The van der Waals surface area contributed by atoms with Gasteiger partial charge in [-0.15, -0.1) is 0 Å². The van der Waals surface area contributed by atoms with Crippen LogP contribution in [-0.4, -0.2) is 44.6 Å². The number of benzene rings is 1. The Labute approximate surface area is 165 Å². The van der Waals surface area contributed by atoms with Gasteiger partial charge in [-0.25, -0.2) is 9.86 Å². The topological polar surface area (TPSA) is 106 Å². The fourth-order valence-electron chi connectivity index (χ4n) is 3.89. The number of fused-ring (bicyclic) bond motifs is 5. The van der Waals surface area contributed by atoms with Crippen molar-refractivity contribution in [3.05, 3.63) is 66.5 Å². The van der Waals surface area contributed by atoms with E-state index >= 15 is 0 Å². The molecule has 10 heteroatoms. The number of amides is 1. The SMILES string of the molecule is O=C(c1ccccc1)N1O[C@H]2C[C@@H]1[C@@H]1ON=C(n3cc(I)c(=O)[nH]c3=O)[C@@H]12. The van der Waals surface area contributed by atoms with Crippen LogP contribution < -0.4 is 11.2 Å². The fraction of sp³-hybridized carbons (Fsp3) is 0.294. The standard InChI is InChI=1S/C17H13IN4O5/c18-9-7-21(17(25)19-15(9)23)14-12-11-6-10(13(12)26-20-14)22(27-11)16(24)8-4-2-1-3-5-8/h1-5,7,10-13H,6H2,(H,19,23,25)/t10-,11+,12-,13+/m1/s1. The van der Waals surface area contributed by atoms with E-state index in [1.165, 1.54) is 15.8 Å². The highest BCUT2D eigenvalue weighted by molar-refractivity contribution is 14.1. The smallest absolute Gasteiger partial charge is 0.334 e. The van der Waals surface area contributed by atoms with E-state index in [2.05, 4.69) is 10.1 Å². The van der Waals surface area contributed by atoms with Gasteiger partial charge in [0.2, 0.25) is 0 Å². The Kier molecular flexibility index (Phi) is 3.72. The summed E-state index contributed by atoms with van der Waals surface area (Å²) in [5.41, 5.74) is -0.493. The minimum Gasteiger partial charge on any atom is -0.388 e. The summed E-state index contributed by atoms with van der Waals surface area (Å²) in [5, 5.41) is 5.43. The van der Waals surface area contributed by atoms with Crippen molar-refractivity contribution in [1.29, 1.82) is 0 Å². The van der Waals surface area contributed by atoms with Crippen LogP contribution in [0.4, 0.5) is 0 Å². The summed E-state index contributed by atoms with van der Waals surface area (Å²) in [6.45, 7) is 0. The predicted octanol–water partition coefficient (Wildman–Crippen LogP) is 0.546. The van der Waals surface area contributed by atoms with Crippen molar-refractivity contribution in [2.24, 2.45) is 11.1 Å². The average Bonchev–Trinajstić information content (AvgIpc) is 3.37. The number of H-pyrrole nitrogens is 1. The Bertz CT molecular complexity index is 1080. The third-order valence-corrected chi connectivity index (χ3v) is 5.86. The van der Waals surface area contributed by atoms with Crippen LogP contribution in [0, 0.1) is 9.49 Å². The summed E-state index contributed by atoms with van der Waals surface area (Å²) in [6, 6.07) is 8.60. The molecule has 1 aromatic carbocycles. The first-order chi connectivity index (χ1) is 13.0. The Balaban J connectivity index is 1.43. The van der Waals surface area contributed by atoms with Crippen molar-refractivity contribution < 1.29 is 14.5 Å². The second-order valence-corrected chi connectivity index (χ2v) is 7.76. The van der Waals surface area contributed by atoms with E-state index in [0.29, 0.717) is 21.4 Å². The van der Waals surface area contributed by atoms with E-state index in [4.69, 9.17) is 9.68 Å². The molecule has 1 amide bonds. The van der Waals surface area contributed by atoms with Crippen molar-refractivity contribution in [2.45, 2.75) is 24.7 Å². The van der Waals surface area contributed by atoms with Gasteiger partial charge in [0.05, 0.1) is 9.49 Å². The molecule has 2 fully saturated rings. The zero-order chi connectivity index (χ0) is 18.7. The molecule has 1 aromatic heterocycles. The van der Waals surface area contributed by atoms with Crippen LogP contribution in [0.1, 0.15) is 16.8 Å². The maximum Gasteiger partial charge on any atom is 0.334 e. The number of carbonyl (C=O) groups is 1. The highest BCUT2D eigenvalue weighted by Gasteiger charge is 2.61. The molecule has 4 atom stereocenters. The highest BCUT2D eigenvalue weighted by Crippen LogP contribution is 2.45. The Morgan fingerprint density at radius 3 is 2.81 bits per heavy atom. The zero-order valence-electron chi connectivity index (χ0n) is 13.7. The number of hydroxylamine groups is 2. The van der Waals surface area contributed by atoms with Gasteiger partial charge < -0.3 is 4.84 Å². The number of hydrogen-bond acceptors (Lipinski definition) is 6. The van der Waals surface area contributed by atoms with E-state index < -0.39 is 11.2 Å². The number of hydrogen-bond donors (Lipinski definition) is 1. The van der Waals surface area contributed by atoms with E-state index in [1.54, 1.807) is 24.3 Å². The minimum absolute atomic E-state index is 0.227. The largest absolute Gasteiger partial charge is 0.388 e. The number of rotatable bonds is 1. The maximum absolute atomic E-state index is 12.7. The number of carbonyl (C=O) groups excluding carboxylic acids is 1. The van der Waals surface area contributed by atoms with Gasteiger partial charge in [0.1, 0.15) is 12.1 Å². The van der Waals surface area contributed by atoms with Crippen LogP contribution >= 0.6 is 22.6 Å². The summed E-state index contributed by atoms with van der Waals surface area (Å²) in [4.78, 5) is 50.2.